The third-order valence-corrected chi connectivity index (χ3v) is 6.79. The topological polar surface area (TPSA) is 111 Å². The van der Waals surface area contributed by atoms with Crippen molar-refractivity contribution in [2.75, 3.05) is 18.1 Å². The maximum atomic E-state index is 12.8. The van der Waals surface area contributed by atoms with Crippen LogP contribution in [0.5, 0.6) is 0 Å². The van der Waals surface area contributed by atoms with Gasteiger partial charge in [-0.05, 0) is 55.7 Å². The molecule has 1 saturated heterocycles. The van der Waals surface area contributed by atoms with Crippen LogP contribution in [0.3, 0.4) is 0 Å². The molecular weight excluding hydrogens is 378 g/mol. The molecule has 30 heavy (non-hydrogen) atoms. The fraction of sp³-hybridized carbons (Fsp3) is 0.478. The Labute approximate surface area is 175 Å². The highest BCUT2D eigenvalue weighted by molar-refractivity contribution is 6.02. The first kappa shape index (κ1) is 19.3. The number of hydrogen-bond acceptors (Lipinski definition) is 4. The summed E-state index contributed by atoms with van der Waals surface area (Å²) in [6.45, 7) is 4.88. The van der Waals surface area contributed by atoms with Crippen molar-refractivity contribution in [3.8, 4) is 11.4 Å². The normalized spacial score (nSPS) is 23.7. The predicted molar refractivity (Wildman–Crippen MR) is 117 cm³/mol. The lowest BCUT2D eigenvalue weighted by molar-refractivity contribution is -0.126. The summed E-state index contributed by atoms with van der Waals surface area (Å²) in [6.07, 6.45) is 4.47. The molecule has 0 spiro atoms. The van der Waals surface area contributed by atoms with Gasteiger partial charge in [0.1, 0.15) is 11.2 Å². The number of aromatic nitrogens is 3. The predicted octanol–water partition coefficient (Wildman–Crippen LogP) is 2.89. The molecule has 1 atom stereocenters. The van der Waals surface area contributed by atoms with E-state index >= 15 is 0 Å². The number of hydrogen-bond donors (Lipinski definition) is 4. The van der Waals surface area contributed by atoms with E-state index < -0.39 is 5.54 Å². The van der Waals surface area contributed by atoms with Gasteiger partial charge in [0.2, 0.25) is 5.91 Å². The molecule has 3 heterocycles. The monoisotopic (exact) mass is 407 g/mol. The number of carbonyl (C=O) groups is 1. The number of aromatic amines is 2. The standard InChI is InChI=1S/C23H29N5O2/c1-22(2)8-6-16-19(12-22)26-27-20(16)18-10-14-4-5-15(11-17(14)25-18)28-9-3-7-23(24,13-29)21(28)30/h4-5,10-11,25,29H,3,6-9,12-13,24H2,1-2H3,(H,26,27). The first-order valence-electron chi connectivity index (χ1n) is 10.7. The van der Waals surface area contributed by atoms with E-state index in [0.717, 1.165) is 53.7 Å². The van der Waals surface area contributed by atoms with Gasteiger partial charge in [0.05, 0.1) is 12.3 Å². The van der Waals surface area contributed by atoms with Crippen LogP contribution < -0.4 is 10.6 Å². The molecular formula is C23H29N5O2. The second kappa shape index (κ2) is 6.68. The van der Waals surface area contributed by atoms with Gasteiger partial charge in [0.15, 0.2) is 0 Å². The van der Waals surface area contributed by atoms with Crippen molar-refractivity contribution >= 4 is 22.5 Å². The van der Waals surface area contributed by atoms with E-state index in [0.29, 0.717) is 18.4 Å². The number of amides is 1. The smallest absolute Gasteiger partial charge is 0.249 e. The number of piperidine rings is 1. The minimum Gasteiger partial charge on any atom is -0.394 e. The van der Waals surface area contributed by atoms with Gasteiger partial charge in [-0.1, -0.05) is 19.9 Å². The largest absolute Gasteiger partial charge is 0.394 e. The molecule has 2 aromatic heterocycles. The summed E-state index contributed by atoms with van der Waals surface area (Å²) in [7, 11) is 0. The molecule has 3 aromatic rings. The molecule has 5 N–H and O–H groups in total. The van der Waals surface area contributed by atoms with Crippen LogP contribution in [0.25, 0.3) is 22.3 Å². The van der Waals surface area contributed by atoms with Gasteiger partial charge in [-0.3, -0.25) is 9.89 Å². The van der Waals surface area contributed by atoms with Crippen LogP contribution in [0.15, 0.2) is 24.3 Å². The van der Waals surface area contributed by atoms with Crippen molar-refractivity contribution in [3.63, 3.8) is 0 Å². The minimum absolute atomic E-state index is 0.216. The summed E-state index contributed by atoms with van der Waals surface area (Å²) in [5.41, 5.74) is 11.5. The first-order valence-corrected chi connectivity index (χ1v) is 10.7. The van der Waals surface area contributed by atoms with Crippen molar-refractivity contribution in [2.45, 2.75) is 51.5 Å². The second-order valence-electron chi connectivity index (χ2n) is 9.70. The van der Waals surface area contributed by atoms with E-state index in [2.05, 4.69) is 35.1 Å². The molecule has 1 aromatic carbocycles. The van der Waals surface area contributed by atoms with E-state index in [1.54, 1.807) is 4.90 Å². The fourth-order valence-corrected chi connectivity index (χ4v) is 4.90. The Balaban J connectivity index is 1.49. The Kier molecular flexibility index (Phi) is 4.31. The van der Waals surface area contributed by atoms with Crippen LogP contribution >= 0.6 is 0 Å². The summed E-state index contributed by atoms with van der Waals surface area (Å²) >= 11 is 0. The Morgan fingerprint density at radius 3 is 2.90 bits per heavy atom. The highest BCUT2D eigenvalue weighted by Gasteiger charge is 2.40. The van der Waals surface area contributed by atoms with E-state index in [1.807, 2.05) is 18.2 Å². The fourth-order valence-electron chi connectivity index (χ4n) is 4.90. The van der Waals surface area contributed by atoms with E-state index in [1.165, 1.54) is 11.3 Å². The Hall–Kier alpha value is -2.64. The quantitative estimate of drug-likeness (QED) is 0.535. The Morgan fingerprint density at radius 2 is 2.10 bits per heavy atom. The molecule has 1 unspecified atom stereocenters. The first-order chi connectivity index (χ1) is 14.3. The van der Waals surface area contributed by atoms with Crippen molar-refractivity contribution in [1.82, 2.24) is 15.2 Å². The van der Waals surface area contributed by atoms with E-state index in [-0.39, 0.29) is 12.5 Å². The molecule has 1 fully saturated rings. The maximum Gasteiger partial charge on any atom is 0.249 e. The van der Waals surface area contributed by atoms with Crippen LogP contribution in [-0.4, -0.2) is 44.9 Å². The molecule has 1 amide bonds. The lowest BCUT2D eigenvalue weighted by atomic mass is 9.76. The summed E-state index contributed by atoms with van der Waals surface area (Å²) in [6, 6.07) is 8.08. The van der Waals surface area contributed by atoms with Gasteiger partial charge < -0.3 is 20.7 Å². The SMILES string of the molecule is CC1(C)CCc2c(-c3cc4ccc(N5CCCC(N)(CO)C5=O)cc4[nH]3)n[nH]c2C1. The highest BCUT2D eigenvalue weighted by atomic mass is 16.3. The van der Waals surface area contributed by atoms with Crippen molar-refractivity contribution in [2.24, 2.45) is 11.1 Å². The van der Waals surface area contributed by atoms with Crippen LogP contribution in [0.2, 0.25) is 0 Å². The number of nitrogens with two attached hydrogens (primary N) is 1. The Bertz CT molecular complexity index is 1130. The average Bonchev–Trinajstić information content (AvgIpc) is 3.31. The van der Waals surface area contributed by atoms with Gasteiger partial charge >= 0.3 is 0 Å². The molecule has 1 aliphatic heterocycles. The third kappa shape index (κ3) is 3.04. The van der Waals surface area contributed by atoms with Crippen molar-refractivity contribution < 1.29 is 9.90 Å². The molecule has 158 valence electrons. The number of rotatable bonds is 3. The number of anilines is 1. The zero-order chi connectivity index (χ0) is 21.1. The van der Waals surface area contributed by atoms with Crippen LogP contribution in [-0.2, 0) is 17.6 Å². The number of carbonyl (C=O) groups excluding carboxylic acids is 1. The number of fused-ring (bicyclic) bond motifs is 2. The number of aliphatic hydroxyl groups is 1. The lowest BCUT2D eigenvalue weighted by Crippen LogP contribution is -2.61. The molecule has 0 radical (unpaired) electrons. The summed E-state index contributed by atoms with van der Waals surface area (Å²) in [4.78, 5) is 18.0. The summed E-state index contributed by atoms with van der Waals surface area (Å²) < 4.78 is 0. The minimum atomic E-state index is -1.18. The number of aliphatic hydroxyl groups excluding tert-OH is 1. The van der Waals surface area contributed by atoms with Crippen LogP contribution in [0, 0.1) is 5.41 Å². The van der Waals surface area contributed by atoms with Gasteiger partial charge in [-0.25, -0.2) is 0 Å². The number of nitrogens with one attached hydrogen (secondary N) is 2. The molecule has 5 rings (SSSR count). The Morgan fingerprint density at radius 1 is 1.27 bits per heavy atom. The van der Waals surface area contributed by atoms with Gasteiger partial charge in [0.25, 0.3) is 0 Å². The highest BCUT2D eigenvalue weighted by Crippen LogP contribution is 2.38. The molecule has 1 aliphatic carbocycles. The summed E-state index contributed by atoms with van der Waals surface area (Å²) in [5.74, 6) is -0.216. The molecule has 0 saturated carbocycles. The maximum absolute atomic E-state index is 12.8. The molecule has 2 aliphatic rings. The third-order valence-electron chi connectivity index (χ3n) is 6.79. The van der Waals surface area contributed by atoms with Crippen molar-refractivity contribution in [3.05, 3.63) is 35.5 Å². The zero-order valence-corrected chi connectivity index (χ0v) is 17.6. The van der Waals surface area contributed by atoms with Gasteiger partial charge in [-0.15, -0.1) is 0 Å². The van der Waals surface area contributed by atoms with Crippen LogP contribution in [0.4, 0.5) is 5.69 Å². The number of nitrogens with zero attached hydrogens (tertiary/aromatic N) is 2. The van der Waals surface area contributed by atoms with E-state index in [9.17, 15) is 9.90 Å². The van der Waals surface area contributed by atoms with Crippen molar-refractivity contribution in [1.29, 1.82) is 0 Å². The summed E-state index contributed by atoms with van der Waals surface area (Å²) in [5, 5.41) is 18.5. The lowest BCUT2D eigenvalue weighted by Gasteiger charge is -2.38. The zero-order valence-electron chi connectivity index (χ0n) is 17.6. The van der Waals surface area contributed by atoms with Crippen LogP contribution in [0.1, 0.15) is 44.4 Å². The second-order valence-corrected chi connectivity index (χ2v) is 9.70. The average molecular weight is 408 g/mol. The van der Waals surface area contributed by atoms with Gasteiger partial charge in [-0.2, -0.15) is 5.10 Å². The van der Waals surface area contributed by atoms with E-state index in [4.69, 9.17) is 5.73 Å². The molecule has 7 heteroatoms. The molecule has 0 bridgehead atoms. The number of benzene rings is 1. The number of H-pyrrole nitrogens is 2. The molecule has 7 nitrogen and oxygen atoms in total. The van der Waals surface area contributed by atoms with Gasteiger partial charge in [0, 0.05) is 34.4 Å².